The molecule has 0 bridgehead atoms. The van der Waals surface area contributed by atoms with Crippen molar-refractivity contribution in [1.82, 2.24) is 9.38 Å². The van der Waals surface area contributed by atoms with Gasteiger partial charge in [-0.15, -0.1) is 0 Å². The molecule has 0 aliphatic heterocycles. The van der Waals surface area contributed by atoms with E-state index in [4.69, 9.17) is 0 Å². The summed E-state index contributed by atoms with van der Waals surface area (Å²) < 4.78 is 25.0. The van der Waals surface area contributed by atoms with Crippen LogP contribution < -0.4 is 0 Å². The van der Waals surface area contributed by atoms with Crippen molar-refractivity contribution in [1.29, 1.82) is 0 Å². The highest BCUT2D eigenvalue weighted by Crippen LogP contribution is 2.16. The fraction of sp³-hybridized carbons (Fsp3) is 0.125. The van der Waals surface area contributed by atoms with Crippen LogP contribution in [0.25, 0.3) is 5.65 Å². The van der Waals surface area contributed by atoms with Crippen molar-refractivity contribution < 1.29 is 8.42 Å². The number of fused-ring (bicyclic) bond motifs is 1. The Kier molecular flexibility index (Phi) is 2.11. The van der Waals surface area contributed by atoms with Crippen molar-refractivity contribution in [2.75, 3.05) is 6.26 Å². The average molecular weight is 275 g/mol. The molecule has 0 unspecified atom stereocenters. The summed E-state index contributed by atoms with van der Waals surface area (Å²) >= 11 is 3.27. The molecule has 74 valence electrons. The number of hydrogen-bond acceptors (Lipinski definition) is 3. The van der Waals surface area contributed by atoms with E-state index in [0.29, 0.717) is 5.65 Å². The molecule has 0 aromatic carbocycles. The van der Waals surface area contributed by atoms with Gasteiger partial charge in [0.25, 0.3) is 0 Å². The first-order valence-electron chi connectivity index (χ1n) is 3.81. The second-order valence-electron chi connectivity index (χ2n) is 2.94. The van der Waals surface area contributed by atoms with Gasteiger partial charge in [-0.05, 0) is 28.1 Å². The summed E-state index contributed by atoms with van der Waals surface area (Å²) in [6.45, 7) is 0. The molecule has 6 heteroatoms. The van der Waals surface area contributed by atoms with Gasteiger partial charge in [-0.3, -0.25) is 4.40 Å². The normalized spacial score (nSPS) is 12.1. The van der Waals surface area contributed by atoms with E-state index in [0.717, 1.165) is 10.7 Å². The Balaban J connectivity index is 2.87. The number of sulfone groups is 1. The van der Waals surface area contributed by atoms with Crippen molar-refractivity contribution >= 4 is 31.4 Å². The number of aromatic nitrogens is 2. The highest BCUT2D eigenvalue weighted by Gasteiger charge is 2.13. The Morgan fingerprint density at radius 2 is 2.14 bits per heavy atom. The molecule has 0 N–H and O–H groups in total. The van der Waals surface area contributed by atoms with Crippen LogP contribution in [0.2, 0.25) is 0 Å². The van der Waals surface area contributed by atoms with Crippen molar-refractivity contribution in [2.45, 2.75) is 5.03 Å². The van der Waals surface area contributed by atoms with Crippen LogP contribution in [0.5, 0.6) is 0 Å². The zero-order valence-electron chi connectivity index (χ0n) is 7.31. The van der Waals surface area contributed by atoms with Gasteiger partial charge in [0, 0.05) is 16.9 Å². The third kappa shape index (κ3) is 1.55. The maximum absolute atomic E-state index is 11.3. The molecule has 0 aliphatic rings. The highest BCUT2D eigenvalue weighted by molar-refractivity contribution is 9.10. The van der Waals surface area contributed by atoms with E-state index < -0.39 is 9.84 Å². The third-order valence-electron chi connectivity index (χ3n) is 1.82. The van der Waals surface area contributed by atoms with Gasteiger partial charge >= 0.3 is 0 Å². The van der Waals surface area contributed by atoms with E-state index >= 15 is 0 Å². The smallest absolute Gasteiger partial charge is 0.192 e. The van der Waals surface area contributed by atoms with Gasteiger partial charge < -0.3 is 0 Å². The molecule has 0 saturated carbocycles. The number of imidazole rings is 1. The summed E-state index contributed by atoms with van der Waals surface area (Å²) in [6, 6.07) is 3.56. The van der Waals surface area contributed by atoms with Crippen molar-refractivity contribution in [3.8, 4) is 0 Å². The van der Waals surface area contributed by atoms with E-state index in [1.54, 1.807) is 16.7 Å². The molecule has 0 radical (unpaired) electrons. The Bertz CT molecular complexity index is 588. The third-order valence-corrected chi connectivity index (χ3v) is 3.35. The number of pyridine rings is 1. The average Bonchev–Trinajstić information content (AvgIpc) is 2.45. The quantitative estimate of drug-likeness (QED) is 0.792. The van der Waals surface area contributed by atoms with Crippen molar-refractivity contribution in [3.63, 3.8) is 0 Å². The summed E-state index contributed by atoms with van der Waals surface area (Å²) in [5.74, 6) is 0. The van der Waals surface area contributed by atoms with Crippen molar-refractivity contribution in [3.05, 3.63) is 29.0 Å². The van der Waals surface area contributed by atoms with Gasteiger partial charge in [0.2, 0.25) is 0 Å². The molecule has 0 amide bonds. The maximum atomic E-state index is 11.3. The Hall–Kier alpha value is -0.880. The van der Waals surface area contributed by atoms with Gasteiger partial charge in [0.15, 0.2) is 14.9 Å². The van der Waals surface area contributed by atoms with Crippen molar-refractivity contribution in [2.24, 2.45) is 0 Å². The molecule has 2 rings (SSSR count). The molecule has 0 spiro atoms. The number of halogens is 1. The number of nitrogens with zero attached hydrogens (tertiary/aromatic N) is 2. The van der Waals surface area contributed by atoms with E-state index in [2.05, 4.69) is 20.9 Å². The molecule has 2 aromatic rings. The van der Waals surface area contributed by atoms with E-state index in [-0.39, 0.29) is 5.03 Å². The summed E-state index contributed by atoms with van der Waals surface area (Å²) in [6.07, 6.45) is 4.20. The van der Waals surface area contributed by atoms with Crippen LogP contribution in [-0.4, -0.2) is 24.1 Å². The minimum Gasteiger partial charge on any atom is -0.289 e. The first-order valence-corrected chi connectivity index (χ1v) is 6.49. The van der Waals surface area contributed by atoms with Crippen LogP contribution in [0.4, 0.5) is 0 Å². The van der Waals surface area contributed by atoms with Gasteiger partial charge in [-0.25, -0.2) is 13.4 Å². The standard InChI is InChI=1S/C8H7BrN2O2S/c1-14(12,13)8-4-10-7-3-2-6(9)5-11(7)8/h2-5H,1H3. The van der Waals surface area contributed by atoms with Gasteiger partial charge in [0.1, 0.15) is 5.65 Å². The second-order valence-corrected chi connectivity index (χ2v) is 5.82. The van der Waals surface area contributed by atoms with Crippen LogP contribution in [0, 0.1) is 0 Å². The second kappa shape index (κ2) is 3.06. The minimum absolute atomic E-state index is 0.203. The molecule has 14 heavy (non-hydrogen) atoms. The van der Waals surface area contributed by atoms with E-state index in [1.165, 1.54) is 6.20 Å². The summed E-state index contributed by atoms with van der Waals surface area (Å²) in [4.78, 5) is 3.99. The summed E-state index contributed by atoms with van der Waals surface area (Å²) in [7, 11) is -3.22. The Morgan fingerprint density at radius 1 is 1.43 bits per heavy atom. The minimum atomic E-state index is -3.22. The largest absolute Gasteiger partial charge is 0.289 e. The SMILES string of the molecule is CS(=O)(=O)c1cnc2ccc(Br)cn12. The number of hydrogen-bond donors (Lipinski definition) is 0. The number of rotatable bonds is 1. The Labute approximate surface area is 89.6 Å². The lowest BCUT2D eigenvalue weighted by Crippen LogP contribution is -2.01. The van der Waals surface area contributed by atoms with Gasteiger partial charge in [0.05, 0.1) is 6.20 Å². The van der Waals surface area contributed by atoms with Gasteiger partial charge in [-0.2, -0.15) is 0 Å². The van der Waals surface area contributed by atoms with Gasteiger partial charge in [-0.1, -0.05) is 0 Å². The predicted octanol–water partition coefficient (Wildman–Crippen LogP) is 1.50. The fourth-order valence-corrected chi connectivity index (χ4v) is 2.29. The zero-order valence-corrected chi connectivity index (χ0v) is 9.71. The molecule has 0 aliphatic carbocycles. The zero-order chi connectivity index (χ0) is 10.3. The van der Waals surface area contributed by atoms with Crippen LogP contribution in [0.3, 0.4) is 0 Å². The molecular formula is C8H7BrN2O2S. The first-order chi connectivity index (χ1) is 6.48. The lowest BCUT2D eigenvalue weighted by molar-refractivity contribution is 0.597. The lowest BCUT2D eigenvalue weighted by Gasteiger charge is -1.98. The monoisotopic (exact) mass is 274 g/mol. The Morgan fingerprint density at radius 3 is 2.79 bits per heavy atom. The van der Waals surface area contributed by atoms with E-state index in [1.807, 2.05) is 6.07 Å². The molecule has 2 heterocycles. The molecular weight excluding hydrogens is 268 g/mol. The topological polar surface area (TPSA) is 51.4 Å². The summed E-state index contributed by atoms with van der Waals surface area (Å²) in [5, 5.41) is 0.203. The molecule has 0 fully saturated rings. The predicted molar refractivity (Wildman–Crippen MR) is 56.0 cm³/mol. The highest BCUT2D eigenvalue weighted by atomic mass is 79.9. The molecule has 2 aromatic heterocycles. The summed E-state index contributed by atoms with van der Waals surface area (Å²) in [5.41, 5.74) is 0.619. The van der Waals surface area contributed by atoms with Crippen LogP contribution in [-0.2, 0) is 9.84 Å². The molecule has 0 saturated heterocycles. The lowest BCUT2D eigenvalue weighted by atomic mass is 10.5. The van der Waals surface area contributed by atoms with E-state index in [9.17, 15) is 8.42 Å². The fourth-order valence-electron chi connectivity index (χ4n) is 1.21. The maximum Gasteiger partial charge on any atom is 0.192 e. The van der Waals surface area contributed by atoms with Crippen LogP contribution in [0.1, 0.15) is 0 Å². The van der Waals surface area contributed by atoms with Crippen LogP contribution >= 0.6 is 15.9 Å². The molecule has 0 atom stereocenters. The molecule has 4 nitrogen and oxygen atoms in total. The van der Waals surface area contributed by atoms with Crippen LogP contribution in [0.15, 0.2) is 34.0 Å². The first kappa shape index (κ1) is 9.67.